The van der Waals surface area contributed by atoms with E-state index in [0.717, 1.165) is 4.68 Å². The van der Waals surface area contributed by atoms with Gasteiger partial charge in [-0.3, -0.25) is 9.36 Å². The summed E-state index contributed by atoms with van der Waals surface area (Å²) in [5.74, 6) is -0.317. The first-order valence-corrected chi connectivity index (χ1v) is 18.2. The number of aliphatic carboxylic acids is 1. The van der Waals surface area contributed by atoms with E-state index in [2.05, 4.69) is 36.8 Å². The average molecular weight is 767 g/mol. The van der Waals surface area contributed by atoms with E-state index in [1.165, 1.54) is 12.7 Å². The van der Waals surface area contributed by atoms with Crippen molar-refractivity contribution in [2.75, 3.05) is 30.0 Å². The first-order valence-electron chi connectivity index (χ1n) is 14.8. The summed E-state index contributed by atoms with van der Waals surface area (Å²) in [5.41, 5.74) is 4.31. The zero-order valence-corrected chi connectivity index (χ0v) is 31.9. The number of carboxylic acids is 1. The number of nitrogens with zero attached hydrogens (tertiary/aromatic N) is 6. The molecule has 2 atom stereocenters. The number of benzene rings is 1. The van der Waals surface area contributed by atoms with Gasteiger partial charge in [-0.2, -0.15) is 24.9 Å². The number of ether oxygens (including phenoxy) is 1. The van der Waals surface area contributed by atoms with Crippen LogP contribution in [0.2, 0.25) is 15.3 Å². The third kappa shape index (κ3) is 15.8. The molecule has 2 unspecified atom stereocenters. The summed E-state index contributed by atoms with van der Waals surface area (Å²) in [6, 6.07) is 4.16. The molecule has 0 saturated carbocycles. The number of nitrogens with one attached hydrogen (secondary N) is 2. The van der Waals surface area contributed by atoms with E-state index in [0.29, 0.717) is 34.8 Å². The van der Waals surface area contributed by atoms with Crippen LogP contribution < -0.4 is 26.9 Å². The van der Waals surface area contributed by atoms with Crippen LogP contribution in [0.3, 0.4) is 0 Å². The van der Waals surface area contributed by atoms with Crippen molar-refractivity contribution in [1.82, 2.24) is 24.7 Å². The molecule has 0 spiro atoms. The van der Waals surface area contributed by atoms with E-state index < -0.39 is 30.7 Å². The summed E-state index contributed by atoms with van der Waals surface area (Å²) in [6.45, 7) is 16.7. The summed E-state index contributed by atoms with van der Waals surface area (Å²) in [4.78, 5) is 42.8. The van der Waals surface area contributed by atoms with Gasteiger partial charge >= 0.3 is 11.7 Å². The van der Waals surface area contributed by atoms with Crippen molar-refractivity contribution in [3.05, 3.63) is 43.9 Å². The highest BCUT2D eigenvalue weighted by atomic mass is 35.5. The Morgan fingerprint density at radius 1 is 1.14 bits per heavy atom. The SMILES string of the molecule is CC(C)Oc1cc(-n2nc(C(C)(C)C)oc2=O)c(Cl)cc1Cl.CCNc1nc(Cl)nc(NC(C)(C)C#N)n1.CP(=O)(O)CCC(N)C(=O)O. The number of hydrogen-bond donors (Lipinski definition) is 5. The summed E-state index contributed by atoms with van der Waals surface area (Å²) in [5, 5.41) is 27.9. The number of nitriles is 1. The van der Waals surface area contributed by atoms with Crippen molar-refractivity contribution < 1.29 is 28.5 Å². The molecule has 0 fully saturated rings. The van der Waals surface area contributed by atoms with Crippen LogP contribution in [-0.4, -0.2) is 77.8 Å². The van der Waals surface area contributed by atoms with Crippen LogP contribution in [0.1, 0.15) is 67.7 Å². The second-order valence-electron chi connectivity index (χ2n) is 12.4. The molecule has 0 aliphatic heterocycles. The van der Waals surface area contributed by atoms with Crippen molar-refractivity contribution >= 4 is 60.0 Å². The molecule has 0 bridgehead atoms. The van der Waals surface area contributed by atoms with E-state index in [4.69, 9.17) is 65.0 Å². The van der Waals surface area contributed by atoms with Gasteiger partial charge in [-0.15, -0.1) is 5.10 Å². The Morgan fingerprint density at radius 3 is 2.20 bits per heavy atom. The monoisotopic (exact) mass is 765 g/mol. The lowest BCUT2D eigenvalue weighted by Gasteiger charge is -2.17. The number of anilines is 2. The molecule has 6 N–H and O–H groups in total. The standard InChI is InChI=1S/C15H18Cl2N2O3.C9H13ClN6.C5H12NO4P/c1-8(2)21-12-7-11(9(16)6-10(12)17)19-14(20)22-13(18-19)15(3,4)5;1-4-12-7-13-6(10)14-8(15-7)16-9(2,3)5-11;1-11(9,10)3-2-4(6)5(7)8/h6-8H,1-5H3;4H2,1-3H3,(H2,12,13,14,15,16);4H,2-3,6H2,1H3,(H,7,8)(H,9,10). The molecule has 0 aliphatic carbocycles. The van der Waals surface area contributed by atoms with Gasteiger partial charge < -0.3 is 35.5 Å². The maximum atomic E-state index is 12.1. The molecule has 20 heteroatoms. The molecule has 16 nitrogen and oxygen atoms in total. The summed E-state index contributed by atoms with van der Waals surface area (Å²) in [7, 11) is -3.10. The minimum atomic E-state index is -3.10. The van der Waals surface area contributed by atoms with Crippen LogP contribution in [0.4, 0.5) is 11.9 Å². The summed E-state index contributed by atoms with van der Waals surface area (Å²) in [6.07, 6.45) is -0.0641. The van der Waals surface area contributed by atoms with Gasteiger partial charge in [0.05, 0.1) is 27.9 Å². The van der Waals surface area contributed by atoms with Gasteiger partial charge in [-0.05, 0) is 58.7 Å². The van der Waals surface area contributed by atoms with Gasteiger partial charge in [0.2, 0.25) is 23.1 Å². The predicted molar refractivity (Wildman–Crippen MR) is 190 cm³/mol. The Hall–Kier alpha value is -3.45. The quantitative estimate of drug-likeness (QED) is 0.150. The molecule has 2 heterocycles. The molecular formula is C29H43Cl3N9O7P. The number of nitrogens with two attached hydrogens (primary N) is 1. The van der Waals surface area contributed by atoms with Gasteiger partial charge in [0.1, 0.15) is 17.3 Å². The van der Waals surface area contributed by atoms with Crippen LogP contribution in [0.5, 0.6) is 5.75 Å². The molecule has 0 aliphatic rings. The number of carbonyl (C=O) groups is 1. The molecule has 49 heavy (non-hydrogen) atoms. The predicted octanol–water partition coefficient (Wildman–Crippen LogP) is 5.58. The van der Waals surface area contributed by atoms with E-state index in [-0.39, 0.29) is 40.4 Å². The minimum absolute atomic E-state index is 0.0412. The molecular weight excluding hydrogens is 724 g/mol. The van der Waals surface area contributed by atoms with Gasteiger partial charge in [0, 0.05) is 30.9 Å². The molecule has 1 aromatic carbocycles. The minimum Gasteiger partial charge on any atom is -0.489 e. The fraction of sp³-hybridized carbons (Fsp3) is 0.552. The Balaban J connectivity index is 0.000000392. The Labute approximate surface area is 299 Å². The van der Waals surface area contributed by atoms with Crippen LogP contribution in [0.25, 0.3) is 5.69 Å². The lowest BCUT2D eigenvalue weighted by Crippen LogP contribution is -2.30. The largest absolute Gasteiger partial charge is 0.489 e. The van der Waals surface area contributed by atoms with Crippen molar-refractivity contribution in [1.29, 1.82) is 5.26 Å². The average Bonchev–Trinajstić information content (AvgIpc) is 3.34. The Bertz CT molecular complexity index is 1710. The number of hydrogen-bond acceptors (Lipinski definition) is 13. The summed E-state index contributed by atoms with van der Waals surface area (Å²) < 4.78 is 22.6. The zero-order chi connectivity index (χ0) is 37.9. The van der Waals surface area contributed by atoms with E-state index in [9.17, 15) is 14.2 Å². The van der Waals surface area contributed by atoms with Crippen LogP contribution >= 0.6 is 42.2 Å². The van der Waals surface area contributed by atoms with Crippen LogP contribution in [0.15, 0.2) is 21.3 Å². The van der Waals surface area contributed by atoms with Crippen molar-refractivity contribution in [2.45, 2.75) is 84.9 Å². The van der Waals surface area contributed by atoms with Gasteiger partial charge in [0.25, 0.3) is 0 Å². The van der Waals surface area contributed by atoms with E-state index in [1.54, 1.807) is 19.9 Å². The number of halogens is 3. The molecule has 0 radical (unpaired) electrons. The second-order valence-corrected chi connectivity index (χ2v) is 16.1. The molecule has 3 aromatic rings. The first-order chi connectivity index (χ1) is 22.4. The smallest absolute Gasteiger partial charge is 0.442 e. The lowest BCUT2D eigenvalue weighted by molar-refractivity contribution is -0.138. The highest BCUT2D eigenvalue weighted by molar-refractivity contribution is 7.57. The third-order valence-corrected chi connectivity index (χ3v) is 7.46. The summed E-state index contributed by atoms with van der Waals surface area (Å²) >= 11 is 18.0. The van der Waals surface area contributed by atoms with Gasteiger partial charge in [0.15, 0.2) is 7.37 Å². The fourth-order valence-corrected chi connectivity index (χ4v) is 4.64. The topological polar surface area (TPSA) is 244 Å². The highest BCUT2D eigenvalue weighted by Gasteiger charge is 2.24. The lowest BCUT2D eigenvalue weighted by atomic mass is 9.97. The van der Waals surface area contributed by atoms with E-state index >= 15 is 0 Å². The number of aromatic nitrogens is 5. The maximum Gasteiger partial charge on any atom is 0.442 e. The Kier molecular flexibility index (Phi) is 16.5. The van der Waals surface area contributed by atoms with Crippen LogP contribution in [0, 0.1) is 11.3 Å². The molecule has 0 amide bonds. The Morgan fingerprint density at radius 2 is 1.73 bits per heavy atom. The van der Waals surface area contributed by atoms with Crippen molar-refractivity contribution in [3.8, 4) is 17.5 Å². The van der Waals surface area contributed by atoms with Gasteiger partial charge in [-0.25, -0.2) is 4.79 Å². The second kappa shape index (κ2) is 18.5. The fourth-order valence-electron chi connectivity index (χ4n) is 3.21. The van der Waals surface area contributed by atoms with Crippen molar-refractivity contribution in [3.63, 3.8) is 0 Å². The normalized spacial score (nSPS) is 13.1. The van der Waals surface area contributed by atoms with E-state index in [1.807, 2.05) is 41.5 Å². The van der Waals surface area contributed by atoms with Crippen molar-refractivity contribution in [2.24, 2.45) is 5.73 Å². The van der Waals surface area contributed by atoms with Crippen LogP contribution in [-0.2, 0) is 14.8 Å². The third-order valence-electron chi connectivity index (χ3n) is 5.60. The zero-order valence-electron chi connectivity index (χ0n) is 28.7. The molecule has 272 valence electrons. The molecule has 0 saturated heterocycles. The molecule has 2 aromatic heterocycles. The molecule has 3 rings (SSSR count). The highest BCUT2D eigenvalue weighted by Crippen LogP contribution is 2.36. The maximum absolute atomic E-state index is 12.1. The number of rotatable bonds is 11. The number of carboxylic acid groups (broad SMARTS) is 1. The van der Waals surface area contributed by atoms with Gasteiger partial charge in [-0.1, -0.05) is 44.0 Å². The first kappa shape index (κ1) is 43.6.